The van der Waals surface area contributed by atoms with Crippen molar-refractivity contribution in [3.63, 3.8) is 0 Å². The summed E-state index contributed by atoms with van der Waals surface area (Å²) in [5, 5.41) is 8.81. The van der Waals surface area contributed by atoms with Crippen LogP contribution in [0.4, 0.5) is 4.39 Å². The SMILES string of the molecule is COCCCCCNS(=O)(=O)c1cc(C(=O)O)ccc1F. The Bertz CT molecular complexity index is 588. The Kier molecular flexibility index (Phi) is 6.73. The summed E-state index contributed by atoms with van der Waals surface area (Å²) in [6, 6.07) is 2.66. The van der Waals surface area contributed by atoms with E-state index in [0.717, 1.165) is 31.0 Å². The van der Waals surface area contributed by atoms with Crippen LogP contribution in [0.2, 0.25) is 0 Å². The lowest BCUT2D eigenvalue weighted by Gasteiger charge is -2.08. The zero-order valence-electron chi connectivity index (χ0n) is 11.6. The first-order valence-electron chi connectivity index (χ1n) is 6.40. The molecule has 21 heavy (non-hydrogen) atoms. The molecule has 0 bridgehead atoms. The number of hydrogen-bond acceptors (Lipinski definition) is 4. The summed E-state index contributed by atoms with van der Waals surface area (Å²) in [5.74, 6) is -2.29. The number of unbranched alkanes of at least 4 members (excludes halogenated alkanes) is 2. The minimum atomic E-state index is -4.06. The molecule has 0 atom stereocenters. The molecule has 0 radical (unpaired) electrons. The summed E-state index contributed by atoms with van der Waals surface area (Å²) in [6.07, 6.45) is 2.16. The van der Waals surface area contributed by atoms with Crippen LogP contribution in [-0.2, 0) is 14.8 Å². The molecule has 0 amide bonds. The number of sulfonamides is 1. The Morgan fingerprint density at radius 1 is 1.33 bits per heavy atom. The van der Waals surface area contributed by atoms with E-state index in [0.29, 0.717) is 13.0 Å². The van der Waals surface area contributed by atoms with Crippen molar-refractivity contribution in [3.8, 4) is 0 Å². The monoisotopic (exact) mass is 319 g/mol. The van der Waals surface area contributed by atoms with Gasteiger partial charge in [0.2, 0.25) is 10.0 Å². The van der Waals surface area contributed by atoms with E-state index in [1.54, 1.807) is 7.11 Å². The molecule has 1 aromatic rings. The Balaban J connectivity index is 2.70. The van der Waals surface area contributed by atoms with E-state index >= 15 is 0 Å². The lowest BCUT2D eigenvalue weighted by atomic mass is 10.2. The van der Waals surface area contributed by atoms with Crippen molar-refractivity contribution in [1.82, 2.24) is 4.72 Å². The highest BCUT2D eigenvalue weighted by Crippen LogP contribution is 2.16. The predicted octanol–water partition coefficient (Wildman–Crippen LogP) is 1.62. The van der Waals surface area contributed by atoms with Gasteiger partial charge in [-0.05, 0) is 37.5 Å². The van der Waals surface area contributed by atoms with Gasteiger partial charge in [-0.15, -0.1) is 0 Å². The van der Waals surface area contributed by atoms with Gasteiger partial charge in [-0.1, -0.05) is 0 Å². The molecule has 1 aromatic carbocycles. The fourth-order valence-electron chi connectivity index (χ4n) is 1.67. The number of nitrogens with one attached hydrogen (secondary N) is 1. The van der Waals surface area contributed by atoms with E-state index in [1.165, 1.54) is 0 Å². The summed E-state index contributed by atoms with van der Waals surface area (Å²) in [6.45, 7) is 0.755. The third kappa shape index (κ3) is 5.41. The maximum atomic E-state index is 13.6. The second-order valence-corrected chi connectivity index (χ2v) is 6.14. The van der Waals surface area contributed by atoms with Crippen LogP contribution in [0, 0.1) is 5.82 Å². The number of carboxylic acids is 1. The molecule has 8 heteroatoms. The van der Waals surface area contributed by atoms with Gasteiger partial charge in [-0.25, -0.2) is 22.3 Å². The average molecular weight is 319 g/mol. The van der Waals surface area contributed by atoms with Gasteiger partial charge in [0.25, 0.3) is 0 Å². The van der Waals surface area contributed by atoms with Gasteiger partial charge < -0.3 is 9.84 Å². The Hall–Kier alpha value is -1.51. The van der Waals surface area contributed by atoms with E-state index in [-0.39, 0.29) is 12.1 Å². The van der Waals surface area contributed by atoms with Gasteiger partial charge in [-0.3, -0.25) is 0 Å². The Morgan fingerprint density at radius 3 is 2.67 bits per heavy atom. The Morgan fingerprint density at radius 2 is 2.05 bits per heavy atom. The zero-order chi connectivity index (χ0) is 15.9. The van der Waals surface area contributed by atoms with Gasteiger partial charge in [0.15, 0.2) is 0 Å². The highest BCUT2D eigenvalue weighted by Gasteiger charge is 2.20. The van der Waals surface area contributed by atoms with Crippen LogP contribution in [0.3, 0.4) is 0 Å². The van der Waals surface area contributed by atoms with Crippen LogP contribution < -0.4 is 4.72 Å². The number of carboxylic acid groups (broad SMARTS) is 1. The molecule has 0 aliphatic heterocycles. The highest BCUT2D eigenvalue weighted by atomic mass is 32.2. The predicted molar refractivity (Wildman–Crippen MR) is 74.3 cm³/mol. The first-order chi connectivity index (χ1) is 9.88. The molecule has 0 heterocycles. The molecule has 2 N–H and O–H groups in total. The third-order valence-corrected chi connectivity index (χ3v) is 4.26. The van der Waals surface area contributed by atoms with Gasteiger partial charge in [0.05, 0.1) is 5.56 Å². The molecule has 0 spiro atoms. The molecular weight excluding hydrogens is 301 g/mol. The highest BCUT2D eigenvalue weighted by molar-refractivity contribution is 7.89. The number of halogens is 1. The van der Waals surface area contributed by atoms with Crippen molar-refractivity contribution in [1.29, 1.82) is 0 Å². The van der Waals surface area contributed by atoms with E-state index in [4.69, 9.17) is 9.84 Å². The first kappa shape index (κ1) is 17.5. The van der Waals surface area contributed by atoms with Crippen molar-refractivity contribution in [2.45, 2.75) is 24.2 Å². The summed E-state index contributed by atoms with van der Waals surface area (Å²) in [4.78, 5) is 10.1. The minimum absolute atomic E-state index is 0.156. The zero-order valence-corrected chi connectivity index (χ0v) is 12.5. The van der Waals surface area contributed by atoms with Crippen LogP contribution in [-0.4, -0.2) is 39.8 Å². The molecule has 0 saturated carbocycles. The second-order valence-electron chi connectivity index (χ2n) is 4.40. The van der Waals surface area contributed by atoms with E-state index in [2.05, 4.69) is 4.72 Å². The van der Waals surface area contributed by atoms with E-state index < -0.39 is 26.7 Å². The largest absolute Gasteiger partial charge is 0.478 e. The van der Waals surface area contributed by atoms with Crippen LogP contribution in [0.1, 0.15) is 29.6 Å². The van der Waals surface area contributed by atoms with Gasteiger partial charge in [0, 0.05) is 20.3 Å². The summed E-state index contributed by atoms with van der Waals surface area (Å²) >= 11 is 0. The molecule has 0 aliphatic rings. The third-order valence-electron chi connectivity index (χ3n) is 2.78. The maximum Gasteiger partial charge on any atom is 0.335 e. The van der Waals surface area contributed by atoms with E-state index in [1.807, 2.05) is 0 Å². The fraction of sp³-hybridized carbons (Fsp3) is 0.462. The van der Waals surface area contributed by atoms with Gasteiger partial charge >= 0.3 is 5.97 Å². The minimum Gasteiger partial charge on any atom is -0.478 e. The average Bonchev–Trinajstić information content (AvgIpc) is 2.42. The molecule has 0 aliphatic carbocycles. The summed E-state index contributed by atoms with van der Waals surface area (Å²) in [7, 11) is -2.48. The quantitative estimate of drug-likeness (QED) is 0.675. The Labute approximate surface area is 123 Å². The van der Waals surface area contributed by atoms with Crippen molar-refractivity contribution in [3.05, 3.63) is 29.6 Å². The van der Waals surface area contributed by atoms with E-state index in [9.17, 15) is 17.6 Å². The molecule has 1 rings (SSSR count). The molecule has 0 fully saturated rings. The number of ether oxygens (including phenoxy) is 1. The van der Waals surface area contributed by atoms with Crippen molar-refractivity contribution in [2.75, 3.05) is 20.3 Å². The van der Waals surface area contributed by atoms with Crippen LogP contribution >= 0.6 is 0 Å². The molecule has 0 aromatic heterocycles. The number of hydrogen-bond donors (Lipinski definition) is 2. The summed E-state index contributed by atoms with van der Waals surface area (Å²) < 4.78 is 44.6. The van der Waals surface area contributed by atoms with Crippen molar-refractivity contribution >= 4 is 16.0 Å². The molecule has 6 nitrogen and oxygen atoms in total. The van der Waals surface area contributed by atoms with Crippen LogP contribution in [0.5, 0.6) is 0 Å². The number of benzene rings is 1. The first-order valence-corrected chi connectivity index (χ1v) is 7.88. The lowest BCUT2D eigenvalue weighted by molar-refractivity contribution is 0.0696. The standard InChI is InChI=1S/C13H18FNO5S/c1-20-8-4-2-3-7-15-21(18,19)12-9-10(13(16)17)5-6-11(12)14/h5-6,9,15H,2-4,7-8H2,1H3,(H,16,17). The number of carbonyl (C=O) groups is 1. The molecule has 118 valence electrons. The second kappa shape index (κ2) is 8.06. The number of aromatic carboxylic acids is 1. The topological polar surface area (TPSA) is 92.7 Å². The molecule has 0 unspecified atom stereocenters. The lowest BCUT2D eigenvalue weighted by Crippen LogP contribution is -2.26. The fourth-order valence-corrected chi connectivity index (χ4v) is 2.85. The number of rotatable bonds is 9. The van der Waals surface area contributed by atoms with Crippen LogP contribution in [0.25, 0.3) is 0 Å². The van der Waals surface area contributed by atoms with Gasteiger partial charge in [-0.2, -0.15) is 0 Å². The summed E-state index contributed by atoms with van der Waals surface area (Å²) in [5.41, 5.74) is -0.281. The van der Waals surface area contributed by atoms with Crippen LogP contribution in [0.15, 0.2) is 23.1 Å². The molecule has 0 saturated heterocycles. The smallest absolute Gasteiger partial charge is 0.335 e. The van der Waals surface area contributed by atoms with Gasteiger partial charge in [0.1, 0.15) is 10.7 Å². The maximum absolute atomic E-state index is 13.6. The molecular formula is C13H18FNO5S. The normalized spacial score (nSPS) is 11.5. The van der Waals surface area contributed by atoms with Crippen molar-refractivity contribution in [2.24, 2.45) is 0 Å². The van der Waals surface area contributed by atoms with Crippen molar-refractivity contribution < 1.29 is 27.4 Å². The number of methoxy groups -OCH3 is 1.